The van der Waals surface area contributed by atoms with Crippen LogP contribution in [-0.4, -0.2) is 43.8 Å². The summed E-state index contributed by atoms with van der Waals surface area (Å²) in [5.74, 6) is -0.389. The Hall–Kier alpha value is -1.98. The molecule has 20 heavy (non-hydrogen) atoms. The molecule has 0 saturated carbocycles. The average Bonchev–Trinajstić information content (AvgIpc) is 2.44. The molecule has 0 saturated heterocycles. The Balaban J connectivity index is 2.94. The molecule has 0 aromatic carbocycles. The van der Waals surface area contributed by atoms with Crippen molar-refractivity contribution in [3.8, 4) is 6.07 Å². The van der Waals surface area contributed by atoms with Gasteiger partial charge in [0.15, 0.2) is 5.69 Å². The lowest BCUT2D eigenvalue weighted by molar-refractivity contribution is -0.121. The molecule has 0 atom stereocenters. The van der Waals surface area contributed by atoms with Crippen molar-refractivity contribution in [2.45, 2.75) is 18.2 Å². The van der Waals surface area contributed by atoms with Crippen LogP contribution in [0.2, 0.25) is 0 Å². The highest BCUT2D eigenvalue weighted by Crippen LogP contribution is 2.16. The van der Waals surface area contributed by atoms with Gasteiger partial charge in [0, 0.05) is 19.8 Å². The number of hydrogen-bond donors (Lipinski definition) is 1. The number of aromatic nitrogens is 1. The van der Waals surface area contributed by atoms with Gasteiger partial charge in [0.1, 0.15) is 11.0 Å². The first-order valence-corrected chi connectivity index (χ1v) is 7.45. The van der Waals surface area contributed by atoms with Crippen molar-refractivity contribution < 1.29 is 13.2 Å². The summed E-state index contributed by atoms with van der Waals surface area (Å²) in [4.78, 5) is 15.1. The molecule has 0 aliphatic carbocycles. The molecule has 1 rings (SSSR count). The van der Waals surface area contributed by atoms with E-state index in [1.54, 1.807) is 6.07 Å². The van der Waals surface area contributed by atoms with Gasteiger partial charge < -0.3 is 5.32 Å². The number of amides is 1. The molecular weight excluding hydrogens is 280 g/mol. The number of nitriles is 1. The Morgan fingerprint density at radius 3 is 2.85 bits per heavy atom. The van der Waals surface area contributed by atoms with Gasteiger partial charge in [0.2, 0.25) is 15.9 Å². The summed E-state index contributed by atoms with van der Waals surface area (Å²) in [5.41, 5.74) is -0.187. The Labute approximate surface area is 118 Å². The van der Waals surface area contributed by atoms with Gasteiger partial charge >= 0.3 is 0 Å². The molecule has 0 aliphatic heterocycles. The molecule has 0 unspecified atom stereocenters. The minimum absolute atomic E-state index is 0.187. The molecule has 0 fully saturated rings. The van der Waals surface area contributed by atoms with E-state index in [9.17, 15) is 13.2 Å². The van der Waals surface area contributed by atoms with Crippen molar-refractivity contribution in [3.05, 3.63) is 24.0 Å². The fourth-order valence-corrected chi connectivity index (χ4v) is 2.67. The van der Waals surface area contributed by atoms with Crippen molar-refractivity contribution in [2.75, 3.05) is 20.1 Å². The van der Waals surface area contributed by atoms with E-state index in [-0.39, 0.29) is 23.0 Å². The first kappa shape index (κ1) is 16.1. The van der Waals surface area contributed by atoms with E-state index in [0.29, 0.717) is 6.54 Å². The van der Waals surface area contributed by atoms with E-state index in [1.165, 1.54) is 25.4 Å². The minimum atomic E-state index is -3.91. The lowest BCUT2D eigenvalue weighted by Crippen LogP contribution is -2.38. The largest absolute Gasteiger partial charge is 0.355 e. The molecular formula is C12H16N4O3S. The average molecular weight is 296 g/mol. The minimum Gasteiger partial charge on any atom is -0.355 e. The summed E-state index contributed by atoms with van der Waals surface area (Å²) in [7, 11) is -2.63. The lowest BCUT2D eigenvalue weighted by Gasteiger charge is -2.17. The Morgan fingerprint density at radius 1 is 1.55 bits per heavy atom. The van der Waals surface area contributed by atoms with E-state index in [4.69, 9.17) is 5.26 Å². The van der Waals surface area contributed by atoms with Crippen LogP contribution in [0.3, 0.4) is 0 Å². The number of carbonyl (C=O) groups is 1. The molecule has 0 aliphatic rings. The van der Waals surface area contributed by atoms with Gasteiger partial charge in [-0.25, -0.2) is 13.4 Å². The van der Waals surface area contributed by atoms with Crippen molar-refractivity contribution in [3.63, 3.8) is 0 Å². The van der Waals surface area contributed by atoms with Crippen LogP contribution in [0.5, 0.6) is 0 Å². The number of rotatable bonds is 6. The smallest absolute Gasteiger partial charge is 0.246 e. The maximum absolute atomic E-state index is 12.3. The molecule has 1 aromatic heterocycles. The molecule has 0 radical (unpaired) electrons. The molecule has 7 nitrogen and oxygen atoms in total. The van der Waals surface area contributed by atoms with Gasteiger partial charge in [-0.3, -0.25) is 4.79 Å². The van der Waals surface area contributed by atoms with Gasteiger partial charge in [-0.15, -0.1) is 0 Å². The SMILES string of the molecule is CCCNC(=O)CN(C)S(=O)(=O)c1cccnc1C#N. The third-order valence-corrected chi connectivity index (χ3v) is 4.34. The van der Waals surface area contributed by atoms with Gasteiger partial charge in [0.25, 0.3) is 0 Å². The molecule has 1 amide bonds. The van der Waals surface area contributed by atoms with Crippen molar-refractivity contribution in [1.29, 1.82) is 5.26 Å². The van der Waals surface area contributed by atoms with Crippen LogP contribution >= 0.6 is 0 Å². The number of pyridine rings is 1. The highest BCUT2D eigenvalue weighted by Gasteiger charge is 2.26. The normalized spacial score (nSPS) is 11.1. The zero-order valence-electron chi connectivity index (χ0n) is 11.3. The summed E-state index contributed by atoms with van der Waals surface area (Å²) in [6, 6.07) is 4.45. The Morgan fingerprint density at radius 2 is 2.25 bits per heavy atom. The molecule has 0 spiro atoms. The fourth-order valence-electron chi connectivity index (χ4n) is 1.46. The van der Waals surface area contributed by atoms with Crippen molar-refractivity contribution in [1.82, 2.24) is 14.6 Å². The Bertz CT molecular complexity index is 622. The molecule has 1 aromatic rings. The second-order valence-electron chi connectivity index (χ2n) is 4.07. The summed E-state index contributed by atoms with van der Waals surface area (Å²) in [6.07, 6.45) is 2.11. The lowest BCUT2D eigenvalue weighted by atomic mass is 10.4. The number of sulfonamides is 1. The van der Waals surface area contributed by atoms with E-state index >= 15 is 0 Å². The summed E-state index contributed by atoms with van der Waals surface area (Å²) >= 11 is 0. The molecule has 108 valence electrons. The number of carbonyl (C=O) groups excluding carboxylic acids is 1. The summed E-state index contributed by atoms with van der Waals surface area (Å²) < 4.78 is 25.5. The van der Waals surface area contributed by atoms with Crippen LogP contribution in [0.15, 0.2) is 23.2 Å². The van der Waals surface area contributed by atoms with E-state index in [1.807, 2.05) is 6.92 Å². The van der Waals surface area contributed by atoms with Crippen LogP contribution in [0.1, 0.15) is 19.0 Å². The third kappa shape index (κ3) is 3.76. The zero-order valence-corrected chi connectivity index (χ0v) is 12.1. The summed E-state index contributed by atoms with van der Waals surface area (Å²) in [5, 5.41) is 11.5. The van der Waals surface area contributed by atoms with Gasteiger partial charge in [-0.05, 0) is 18.6 Å². The topological polar surface area (TPSA) is 103 Å². The van der Waals surface area contributed by atoms with E-state index in [0.717, 1.165) is 10.7 Å². The third-order valence-electron chi connectivity index (χ3n) is 2.50. The second-order valence-corrected chi connectivity index (χ2v) is 6.09. The molecule has 0 bridgehead atoms. The fraction of sp³-hybridized carbons (Fsp3) is 0.417. The molecule has 1 N–H and O–H groups in total. The number of hydrogen-bond acceptors (Lipinski definition) is 5. The van der Waals surface area contributed by atoms with Crippen LogP contribution in [0.25, 0.3) is 0 Å². The number of likely N-dealkylation sites (N-methyl/N-ethyl adjacent to an activating group) is 1. The van der Waals surface area contributed by atoms with E-state index < -0.39 is 10.0 Å². The van der Waals surface area contributed by atoms with Crippen LogP contribution in [0, 0.1) is 11.3 Å². The second kappa shape index (κ2) is 6.98. The number of nitrogens with one attached hydrogen (secondary N) is 1. The highest BCUT2D eigenvalue weighted by atomic mass is 32.2. The predicted octanol–water partition coefficient (Wildman–Crippen LogP) is 0.1000. The van der Waals surface area contributed by atoms with Crippen LogP contribution < -0.4 is 5.32 Å². The van der Waals surface area contributed by atoms with Crippen LogP contribution in [-0.2, 0) is 14.8 Å². The zero-order chi connectivity index (χ0) is 15.2. The van der Waals surface area contributed by atoms with Crippen LogP contribution in [0.4, 0.5) is 0 Å². The predicted molar refractivity (Wildman–Crippen MR) is 72.1 cm³/mol. The van der Waals surface area contributed by atoms with Gasteiger partial charge in [-0.1, -0.05) is 6.92 Å². The summed E-state index contributed by atoms with van der Waals surface area (Å²) in [6.45, 7) is 2.08. The number of nitrogens with zero attached hydrogens (tertiary/aromatic N) is 3. The van der Waals surface area contributed by atoms with Gasteiger partial charge in [0.05, 0.1) is 6.54 Å². The van der Waals surface area contributed by atoms with Crippen molar-refractivity contribution >= 4 is 15.9 Å². The van der Waals surface area contributed by atoms with Crippen molar-refractivity contribution in [2.24, 2.45) is 0 Å². The molecule has 1 heterocycles. The first-order chi connectivity index (χ1) is 9.43. The maximum Gasteiger partial charge on any atom is 0.246 e. The monoisotopic (exact) mass is 296 g/mol. The molecule has 8 heteroatoms. The van der Waals surface area contributed by atoms with Gasteiger partial charge in [-0.2, -0.15) is 9.57 Å². The first-order valence-electron chi connectivity index (χ1n) is 6.01. The highest BCUT2D eigenvalue weighted by molar-refractivity contribution is 7.89. The quantitative estimate of drug-likeness (QED) is 0.802. The Kier molecular flexibility index (Phi) is 5.61. The van der Waals surface area contributed by atoms with E-state index in [2.05, 4.69) is 10.3 Å². The maximum atomic E-state index is 12.3. The standard InChI is InChI=1S/C12H16N4O3S/c1-3-6-15-12(17)9-16(2)20(18,19)11-5-4-7-14-10(11)8-13/h4-5,7H,3,6,9H2,1-2H3,(H,15,17).